The largest absolute Gasteiger partial charge is 0.335 e. The SMILES string of the molecule is O=C(Nc1ccnn1C1CCCCC1)NC1CCCCC1. The molecule has 2 amide bonds. The number of urea groups is 1. The second-order valence-electron chi connectivity index (χ2n) is 6.39. The summed E-state index contributed by atoms with van der Waals surface area (Å²) in [6.45, 7) is 0. The Bertz CT molecular complexity index is 459. The number of hydrogen-bond donors (Lipinski definition) is 2. The van der Waals surface area contributed by atoms with Crippen molar-refractivity contribution in [3.05, 3.63) is 12.3 Å². The van der Waals surface area contributed by atoms with Crippen LogP contribution in [-0.2, 0) is 0 Å². The molecule has 1 heterocycles. The fraction of sp³-hybridized carbons (Fsp3) is 0.750. The number of nitrogens with zero attached hydrogens (tertiary/aromatic N) is 2. The van der Waals surface area contributed by atoms with Gasteiger partial charge in [0.05, 0.1) is 12.2 Å². The molecule has 116 valence electrons. The minimum Gasteiger partial charge on any atom is -0.335 e. The van der Waals surface area contributed by atoms with E-state index < -0.39 is 0 Å². The highest BCUT2D eigenvalue weighted by Gasteiger charge is 2.20. The highest BCUT2D eigenvalue weighted by Crippen LogP contribution is 2.29. The Hall–Kier alpha value is -1.52. The molecule has 2 saturated carbocycles. The zero-order valence-corrected chi connectivity index (χ0v) is 12.7. The summed E-state index contributed by atoms with van der Waals surface area (Å²) in [4.78, 5) is 12.2. The summed E-state index contributed by atoms with van der Waals surface area (Å²) in [5, 5.41) is 10.5. The molecule has 0 unspecified atom stereocenters. The molecular formula is C16H26N4O. The van der Waals surface area contributed by atoms with Crippen molar-refractivity contribution in [3.63, 3.8) is 0 Å². The highest BCUT2D eigenvalue weighted by atomic mass is 16.2. The van der Waals surface area contributed by atoms with Crippen LogP contribution in [0.3, 0.4) is 0 Å². The van der Waals surface area contributed by atoms with Gasteiger partial charge in [0.25, 0.3) is 0 Å². The average molecular weight is 290 g/mol. The van der Waals surface area contributed by atoms with E-state index in [9.17, 15) is 4.79 Å². The van der Waals surface area contributed by atoms with Crippen molar-refractivity contribution in [3.8, 4) is 0 Å². The minimum absolute atomic E-state index is 0.0838. The second kappa shape index (κ2) is 6.96. The molecule has 0 bridgehead atoms. The van der Waals surface area contributed by atoms with Crippen LogP contribution in [0.1, 0.15) is 70.3 Å². The van der Waals surface area contributed by atoms with Gasteiger partial charge in [-0.05, 0) is 25.7 Å². The topological polar surface area (TPSA) is 59.0 Å². The van der Waals surface area contributed by atoms with E-state index >= 15 is 0 Å². The van der Waals surface area contributed by atoms with Gasteiger partial charge in [-0.1, -0.05) is 38.5 Å². The van der Waals surface area contributed by atoms with Crippen LogP contribution < -0.4 is 10.6 Å². The smallest absolute Gasteiger partial charge is 0.320 e. The molecular weight excluding hydrogens is 264 g/mol. The van der Waals surface area contributed by atoms with E-state index in [1.54, 1.807) is 6.20 Å². The molecule has 5 nitrogen and oxygen atoms in total. The number of aromatic nitrogens is 2. The van der Waals surface area contributed by atoms with Crippen molar-refractivity contribution >= 4 is 11.8 Å². The number of anilines is 1. The standard InChI is InChI=1S/C16H26N4O/c21-16(18-13-7-3-1-4-8-13)19-15-11-12-17-20(15)14-9-5-2-6-10-14/h11-14H,1-10H2,(H2,18,19,21). The summed E-state index contributed by atoms with van der Waals surface area (Å²) in [6.07, 6.45) is 13.9. The Morgan fingerprint density at radius 1 is 1.05 bits per heavy atom. The van der Waals surface area contributed by atoms with Gasteiger partial charge in [-0.25, -0.2) is 9.48 Å². The van der Waals surface area contributed by atoms with Crippen LogP contribution in [0.4, 0.5) is 10.6 Å². The lowest BCUT2D eigenvalue weighted by atomic mass is 9.95. The van der Waals surface area contributed by atoms with Gasteiger partial charge in [0.15, 0.2) is 0 Å². The van der Waals surface area contributed by atoms with E-state index in [2.05, 4.69) is 15.7 Å². The monoisotopic (exact) mass is 290 g/mol. The molecule has 0 radical (unpaired) electrons. The molecule has 2 N–H and O–H groups in total. The summed E-state index contributed by atoms with van der Waals surface area (Å²) >= 11 is 0. The van der Waals surface area contributed by atoms with Crippen LogP contribution in [0.15, 0.2) is 12.3 Å². The van der Waals surface area contributed by atoms with Crippen LogP contribution in [0.5, 0.6) is 0 Å². The molecule has 0 aliphatic heterocycles. The summed E-state index contributed by atoms with van der Waals surface area (Å²) in [7, 11) is 0. The van der Waals surface area contributed by atoms with Gasteiger partial charge >= 0.3 is 6.03 Å². The van der Waals surface area contributed by atoms with Crippen molar-refractivity contribution < 1.29 is 4.79 Å². The van der Waals surface area contributed by atoms with E-state index in [-0.39, 0.29) is 6.03 Å². The molecule has 0 saturated heterocycles. The molecule has 5 heteroatoms. The third-order valence-corrected chi connectivity index (χ3v) is 4.77. The molecule has 0 aromatic carbocycles. The first-order chi connectivity index (χ1) is 10.3. The van der Waals surface area contributed by atoms with Crippen LogP contribution >= 0.6 is 0 Å². The van der Waals surface area contributed by atoms with Crippen molar-refractivity contribution in [1.29, 1.82) is 0 Å². The lowest BCUT2D eigenvalue weighted by molar-refractivity contribution is 0.243. The number of hydrogen-bond acceptors (Lipinski definition) is 2. The number of carbonyl (C=O) groups is 1. The first kappa shape index (κ1) is 14.4. The molecule has 2 aliphatic rings. The van der Waals surface area contributed by atoms with E-state index in [1.165, 1.54) is 51.4 Å². The van der Waals surface area contributed by atoms with Crippen LogP contribution in [0.25, 0.3) is 0 Å². The van der Waals surface area contributed by atoms with Gasteiger partial charge in [0, 0.05) is 12.1 Å². The first-order valence-corrected chi connectivity index (χ1v) is 8.44. The Kier molecular flexibility index (Phi) is 4.78. The number of amides is 2. The summed E-state index contributed by atoms with van der Waals surface area (Å²) in [5.74, 6) is 0.829. The number of rotatable bonds is 3. The van der Waals surface area contributed by atoms with Gasteiger partial charge in [-0.15, -0.1) is 0 Å². The molecule has 1 aromatic heterocycles. The van der Waals surface area contributed by atoms with E-state index in [1.807, 2.05) is 10.7 Å². The van der Waals surface area contributed by atoms with Gasteiger partial charge in [-0.2, -0.15) is 5.10 Å². The van der Waals surface area contributed by atoms with Gasteiger partial charge in [0.2, 0.25) is 0 Å². The second-order valence-corrected chi connectivity index (χ2v) is 6.39. The minimum atomic E-state index is -0.0838. The van der Waals surface area contributed by atoms with Crippen LogP contribution in [-0.4, -0.2) is 21.9 Å². The van der Waals surface area contributed by atoms with Gasteiger partial charge < -0.3 is 5.32 Å². The Labute approximate surface area is 126 Å². The number of nitrogens with one attached hydrogen (secondary N) is 2. The normalized spacial score (nSPS) is 21.1. The zero-order chi connectivity index (χ0) is 14.5. The Balaban J connectivity index is 1.56. The third-order valence-electron chi connectivity index (χ3n) is 4.77. The fourth-order valence-corrected chi connectivity index (χ4v) is 3.61. The van der Waals surface area contributed by atoms with E-state index in [0.29, 0.717) is 12.1 Å². The molecule has 0 atom stereocenters. The maximum atomic E-state index is 12.2. The fourth-order valence-electron chi connectivity index (χ4n) is 3.61. The van der Waals surface area contributed by atoms with Crippen LogP contribution in [0.2, 0.25) is 0 Å². The van der Waals surface area contributed by atoms with Crippen molar-refractivity contribution in [2.45, 2.75) is 76.3 Å². The zero-order valence-electron chi connectivity index (χ0n) is 12.7. The first-order valence-electron chi connectivity index (χ1n) is 8.44. The molecule has 21 heavy (non-hydrogen) atoms. The quantitative estimate of drug-likeness (QED) is 0.888. The maximum Gasteiger partial charge on any atom is 0.320 e. The predicted octanol–water partition coefficient (Wildman–Crippen LogP) is 3.84. The third kappa shape index (κ3) is 3.77. The molecule has 2 aliphatic carbocycles. The molecule has 2 fully saturated rings. The van der Waals surface area contributed by atoms with Crippen molar-refractivity contribution in [1.82, 2.24) is 15.1 Å². The molecule has 1 aromatic rings. The molecule has 0 spiro atoms. The summed E-state index contributed by atoms with van der Waals surface area (Å²) < 4.78 is 2.00. The van der Waals surface area contributed by atoms with E-state index in [0.717, 1.165) is 18.7 Å². The molecule has 3 rings (SSSR count). The summed E-state index contributed by atoms with van der Waals surface area (Å²) in [6, 6.07) is 2.60. The highest BCUT2D eigenvalue weighted by molar-refractivity contribution is 5.88. The lowest BCUT2D eigenvalue weighted by Crippen LogP contribution is -2.39. The lowest BCUT2D eigenvalue weighted by Gasteiger charge is -2.25. The van der Waals surface area contributed by atoms with E-state index in [4.69, 9.17) is 0 Å². The Morgan fingerprint density at radius 3 is 2.43 bits per heavy atom. The Morgan fingerprint density at radius 2 is 1.71 bits per heavy atom. The van der Waals surface area contributed by atoms with Gasteiger partial charge in [0.1, 0.15) is 5.82 Å². The number of carbonyl (C=O) groups excluding carboxylic acids is 1. The van der Waals surface area contributed by atoms with Crippen LogP contribution in [0, 0.1) is 0 Å². The van der Waals surface area contributed by atoms with Crippen molar-refractivity contribution in [2.75, 3.05) is 5.32 Å². The van der Waals surface area contributed by atoms with Gasteiger partial charge in [-0.3, -0.25) is 5.32 Å². The average Bonchev–Trinajstić information content (AvgIpc) is 2.97. The predicted molar refractivity (Wildman–Crippen MR) is 83.4 cm³/mol. The van der Waals surface area contributed by atoms with Crippen molar-refractivity contribution in [2.24, 2.45) is 0 Å². The summed E-state index contributed by atoms with van der Waals surface area (Å²) in [5.41, 5.74) is 0. The maximum absolute atomic E-state index is 12.2.